The fraction of sp³-hybridized carbons (Fsp3) is 0.248. The molecule has 11 heterocycles. The van der Waals surface area contributed by atoms with Gasteiger partial charge in [-0.2, -0.15) is 10.2 Å². The highest BCUT2D eigenvalue weighted by molar-refractivity contribution is 5.89. The van der Waals surface area contributed by atoms with Crippen LogP contribution >= 0.6 is 0 Å². The summed E-state index contributed by atoms with van der Waals surface area (Å²) in [5.41, 5.74) is 6.59. The summed E-state index contributed by atoms with van der Waals surface area (Å²) in [6, 6.07) is 61.2. The highest BCUT2D eigenvalue weighted by Gasteiger charge is 2.30. The smallest absolute Gasteiger partial charge is 0.331 e. The average Bonchev–Trinajstić information content (AvgIpc) is 1.60. The van der Waals surface area contributed by atoms with Gasteiger partial charge in [-0.3, -0.25) is 55.7 Å². The van der Waals surface area contributed by atoms with Crippen LogP contribution in [0.4, 0.5) is 8.78 Å². The molecular formula is C105H106F2N20O13. The SMILES string of the molecule is CC(C)Cn1c(=O)n(C)c(=O)c2c(Oc3ccc(F)cc3)n(Cc3ccc(-n4ccnc4)cc3)cc21.CC(C)Cn1c(=O)n(C)c(=O)c2c(Oc3ccc(F)cc3)n(Cc3ccc(-n4cncn4)cc3)cc21.CC(C)Cn1c(=O)n(C)c(=O)c2c(Oc3ccccc3)n(Cc3ccc(-n4cncn4)cc3)cc21.COc1ccc(Cn2c(Oc3ccccc3)c3c(=O)n(C)c(=O)n(CC(C)C)c3c2C)cc1. The molecule has 8 aromatic carbocycles. The van der Waals surface area contributed by atoms with Crippen LogP contribution in [0, 0.1) is 42.2 Å². The molecule has 0 spiro atoms. The van der Waals surface area contributed by atoms with E-state index in [4.69, 9.17) is 23.7 Å². The predicted molar refractivity (Wildman–Crippen MR) is 532 cm³/mol. The number of aryl methyl sites for hydroxylation is 1. The van der Waals surface area contributed by atoms with Gasteiger partial charge in [-0.1, -0.05) is 140 Å². The summed E-state index contributed by atoms with van der Waals surface area (Å²) in [5, 5.41) is 9.69. The van der Waals surface area contributed by atoms with Crippen molar-refractivity contribution in [3.05, 3.63) is 392 Å². The van der Waals surface area contributed by atoms with Gasteiger partial charge in [0.15, 0.2) is 0 Å². The van der Waals surface area contributed by atoms with Crippen molar-refractivity contribution in [3.63, 3.8) is 0 Å². The number of hydrogen-bond acceptors (Lipinski definition) is 18. The lowest BCUT2D eigenvalue weighted by Crippen LogP contribution is -2.38. The summed E-state index contributed by atoms with van der Waals surface area (Å²) in [6.07, 6.45) is 16.9. The van der Waals surface area contributed by atoms with Crippen molar-refractivity contribution in [2.75, 3.05) is 7.11 Å². The minimum absolute atomic E-state index is 0.178. The zero-order valence-electron chi connectivity index (χ0n) is 79.9. The molecule has 33 nitrogen and oxygen atoms in total. The summed E-state index contributed by atoms with van der Waals surface area (Å²) in [7, 11) is 7.59. The van der Waals surface area contributed by atoms with Gasteiger partial charge >= 0.3 is 22.8 Å². The molecule has 19 rings (SSSR count). The molecule has 0 radical (unpaired) electrons. The summed E-state index contributed by atoms with van der Waals surface area (Å²) in [5.74, 6) is 4.23. The zero-order chi connectivity index (χ0) is 99.0. The van der Waals surface area contributed by atoms with Crippen LogP contribution in [0.2, 0.25) is 0 Å². The van der Waals surface area contributed by atoms with Crippen molar-refractivity contribution in [2.45, 2.75) is 115 Å². The standard InChI is InChI=1S/C27H26FN5O3.C26H25FN6O3.C26H26N6O3.C26H29N3O4/c1-18(2)14-33-23-16-32(15-19-4-8-21(9-5-19)31-13-12-29-17-31)26(24(23)25(34)30(3)27(33)35)36-22-10-6-20(28)7-11-22;1-17(2)12-32-22-14-31(13-18-4-8-20(9-5-18)33-16-28-15-29-33)25(23(22)24(34)30(3)26(32)35)36-21-10-6-19(27)7-11-21;1-18(2)13-31-22-15-30(14-19-9-11-20(12-10-19)32-17-27-16-28-32)25(35-21-7-5-4-6-8-21)23(22)24(33)29(3)26(31)34;1-17(2)15-29-23-18(3)28(16-19-11-13-20(32-5)14-12-19)25(33-21-9-7-6-8-10-21)22(23)24(30)27(4)26(29)31/h4-13,16-18H,14-15H2,1-3H3;4-11,14-17H,12-13H2,1-3H3;4-12,15-18H,13-14H2,1-3H3;6-14,17H,15-16H2,1-5H3. The number of halogens is 2. The second kappa shape index (κ2) is 41.7. The molecule has 0 atom stereocenters. The van der Waals surface area contributed by atoms with Gasteiger partial charge in [0.25, 0.3) is 22.2 Å². The second-order valence-electron chi connectivity index (χ2n) is 35.7. The van der Waals surface area contributed by atoms with Gasteiger partial charge in [0.05, 0.1) is 73.1 Å². The number of para-hydroxylation sites is 2. The summed E-state index contributed by atoms with van der Waals surface area (Å²) < 4.78 is 81.0. The first-order valence-corrected chi connectivity index (χ1v) is 45.6. The Labute approximate surface area is 800 Å². The lowest BCUT2D eigenvalue weighted by atomic mass is 10.2. The molecule has 0 saturated heterocycles. The van der Waals surface area contributed by atoms with Gasteiger partial charge in [0, 0.05) is 96.7 Å². The maximum absolute atomic E-state index is 13.5. The number of imidazole rings is 1. The first-order valence-electron chi connectivity index (χ1n) is 45.6. The van der Waals surface area contributed by atoms with Crippen LogP contribution in [0.15, 0.2) is 307 Å². The van der Waals surface area contributed by atoms with Crippen LogP contribution in [-0.4, -0.2) is 101 Å². The van der Waals surface area contributed by atoms with E-state index < -0.39 is 16.9 Å². The van der Waals surface area contributed by atoms with Crippen molar-refractivity contribution < 1.29 is 32.5 Å². The first-order chi connectivity index (χ1) is 67.4. The third-order valence-corrected chi connectivity index (χ3v) is 23.5. The maximum Gasteiger partial charge on any atom is 0.331 e. The Morgan fingerprint density at radius 3 is 0.979 bits per heavy atom. The van der Waals surface area contributed by atoms with E-state index in [2.05, 4.69) is 39.0 Å². The lowest BCUT2D eigenvalue weighted by molar-refractivity contribution is 0.414. The molecule has 35 heteroatoms. The Kier molecular flexibility index (Phi) is 28.6. The van der Waals surface area contributed by atoms with E-state index in [1.54, 1.807) is 76.9 Å². The quantitative estimate of drug-likeness (QED) is 0.0440. The van der Waals surface area contributed by atoms with E-state index in [9.17, 15) is 47.1 Å². The molecule has 0 aliphatic rings. The van der Waals surface area contributed by atoms with Gasteiger partial charge in [-0.25, -0.2) is 52.3 Å². The number of ether oxygens (including phenoxy) is 5. The van der Waals surface area contributed by atoms with Crippen LogP contribution < -0.4 is 68.7 Å². The maximum atomic E-state index is 13.5. The van der Waals surface area contributed by atoms with E-state index in [1.165, 1.54) is 93.9 Å². The largest absolute Gasteiger partial charge is 0.497 e. The number of rotatable bonds is 28. The van der Waals surface area contributed by atoms with Crippen LogP contribution in [0.3, 0.4) is 0 Å². The van der Waals surface area contributed by atoms with Crippen LogP contribution in [0.5, 0.6) is 52.3 Å². The van der Waals surface area contributed by atoms with E-state index in [-0.39, 0.29) is 69.2 Å². The van der Waals surface area contributed by atoms with E-state index in [0.717, 1.165) is 64.5 Å². The van der Waals surface area contributed by atoms with E-state index >= 15 is 0 Å². The molecule has 718 valence electrons. The van der Waals surface area contributed by atoms with Crippen molar-refractivity contribution in [1.29, 1.82) is 0 Å². The summed E-state index contributed by atoms with van der Waals surface area (Å²) >= 11 is 0. The molecule has 0 N–H and O–H groups in total. The molecule has 0 amide bonds. The molecule has 0 unspecified atom stereocenters. The Morgan fingerprint density at radius 1 is 0.329 bits per heavy atom. The van der Waals surface area contributed by atoms with E-state index in [1.807, 2.05) is 237 Å². The predicted octanol–water partition coefficient (Wildman–Crippen LogP) is 15.9. The highest BCUT2D eigenvalue weighted by Crippen LogP contribution is 2.38. The molecule has 11 aromatic heterocycles. The van der Waals surface area contributed by atoms with Crippen molar-refractivity contribution in [2.24, 2.45) is 51.9 Å². The normalized spacial score (nSPS) is 11.4. The third-order valence-electron chi connectivity index (χ3n) is 23.5. The van der Waals surface area contributed by atoms with Gasteiger partial charge in [-0.05, 0) is 174 Å². The molecule has 140 heavy (non-hydrogen) atoms. The van der Waals surface area contributed by atoms with Crippen molar-refractivity contribution in [1.82, 2.24) is 93.9 Å². The first kappa shape index (κ1) is 96.1. The Balaban J connectivity index is 0.000000135. The van der Waals surface area contributed by atoms with Gasteiger partial charge in [0.2, 0.25) is 23.5 Å². The van der Waals surface area contributed by atoms with E-state index in [0.29, 0.717) is 137 Å². The van der Waals surface area contributed by atoms with Crippen molar-refractivity contribution in [3.8, 4) is 69.3 Å². The van der Waals surface area contributed by atoms with Crippen molar-refractivity contribution >= 4 is 43.6 Å². The number of hydrogen-bond donors (Lipinski definition) is 0. The summed E-state index contributed by atoms with van der Waals surface area (Å²) in [4.78, 5) is 117. The number of fused-ring (bicyclic) bond motifs is 4. The fourth-order valence-corrected chi connectivity index (χ4v) is 16.6. The highest BCUT2D eigenvalue weighted by atomic mass is 19.1. The third kappa shape index (κ3) is 20.7. The number of aromatic nitrogens is 20. The zero-order valence-corrected chi connectivity index (χ0v) is 79.9. The molecular weight excluding hydrogens is 1790 g/mol. The van der Waals surface area contributed by atoms with Gasteiger partial charge < -0.3 is 46.5 Å². The molecule has 19 aromatic rings. The molecule has 0 saturated carbocycles. The number of nitrogens with zero attached hydrogens (tertiary/aromatic N) is 20. The Hall–Kier alpha value is -17.0. The fourth-order valence-electron chi connectivity index (χ4n) is 16.6. The summed E-state index contributed by atoms with van der Waals surface area (Å²) in [6.45, 7) is 21.7. The van der Waals surface area contributed by atoms with Crippen LogP contribution in [0.1, 0.15) is 83.3 Å². The Morgan fingerprint density at radius 2 is 0.643 bits per heavy atom. The average molecular weight is 1890 g/mol. The molecule has 0 fully saturated rings. The number of benzene rings is 8. The minimum atomic E-state index is -0.451. The topological polar surface area (TPSA) is 321 Å². The monoisotopic (exact) mass is 1890 g/mol. The lowest BCUT2D eigenvalue weighted by Gasteiger charge is -2.13. The molecule has 0 aliphatic carbocycles. The second-order valence-corrected chi connectivity index (χ2v) is 35.7. The minimum Gasteiger partial charge on any atom is -0.497 e. The molecule has 0 aliphatic heterocycles. The molecule has 0 bridgehead atoms. The number of methoxy groups -OCH3 is 1. The van der Waals surface area contributed by atoms with Crippen LogP contribution in [0.25, 0.3) is 60.7 Å². The Bertz CT molecular complexity index is 7900. The van der Waals surface area contributed by atoms with Crippen LogP contribution in [-0.2, 0) is 80.5 Å². The van der Waals surface area contributed by atoms with Gasteiger partial charge in [0.1, 0.15) is 87.2 Å². The van der Waals surface area contributed by atoms with Gasteiger partial charge in [-0.15, -0.1) is 0 Å².